The quantitative estimate of drug-likeness (QED) is 0.382. The first-order chi connectivity index (χ1) is 18.4. The van der Waals surface area contributed by atoms with Crippen LogP contribution in [0.4, 0.5) is 31.1 Å². The molecule has 3 aromatic heterocycles. The van der Waals surface area contributed by atoms with Gasteiger partial charge in [0.1, 0.15) is 11.8 Å². The van der Waals surface area contributed by atoms with Gasteiger partial charge in [-0.2, -0.15) is 26.3 Å². The standard InChI is InChI=1S/C24H26F6N6O3/c1-4-36(22(37)34-18(23(25,26)27)13-6-5-7-13)19(24(28,29)30)15-10-14(17(38-2)11-32-15)16-12-35-9-8-31-20(35)21(33-16)39-3/h8-13,18-19H,4-7H2,1-3H3,(H,34,37)/t18?,19-/m0/s1. The average molecular weight is 560 g/mol. The van der Waals surface area contributed by atoms with Crippen LogP contribution >= 0.6 is 0 Å². The number of urea groups is 1. The highest BCUT2D eigenvalue weighted by Crippen LogP contribution is 2.41. The number of imidazole rings is 1. The van der Waals surface area contributed by atoms with E-state index in [1.165, 1.54) is 33.5 Å². The van der Waals surface area contributed by atoms with E-state index >= 15 is 0 Å². The first-order valence-electron chi connectivity index (χ1n) is 12.0. The lowest BCUT2D eigenvalue weighted by atomic mass is 9.79. The van der Waals surface area contributed by atoms with Crippen LogP contribution in [0.25, 0.3) is 16.9 Å². The van der Waals surface area contributed by atoms with E-state index in [2.05, 4.69) is 15.0 Å². The van der Waals surface area contributed by atoms with Crippen LogP contribution < -0.4 is 14.8 Å². The second kappa shape index (κ2) is 10.8. The van der Waals surface area contributed by atoms with Gasteiger partial charge in [0, 0.05) is 30.7 Å². The number of fused-ring (bicyclic) bond motifs is 1. The predicted octanol–water partition coefficient (Wildman–Crippen LogP) is 5.17. The SMILES string of the molecule is CCN(C(=O)NC(C1CCC1)C(F)(F)F)[C@@H](c1cc(-c2cn3ccnc3c(OC)n2)c(OC)cn1)C(F)(F)F. The molecule has 15 heteroatoms. The van der Waals surface area contributed by atoms with E-state index in [4.69, 9.17) is 9.47 Å². The van der Waals surface area contributed by atoms with Crippen molar-refractivity contribution in [2.45, 2.75) is 50.6 Å². The van der Waals surface area contributed by atoms with Gasteiger partial charge in [-0.15, -0.1) is 0 Å². The molecule has 2 amide bonds. The summed E-state index contributed by atoms with van der Waals surface area (Å²) in [5.41, 5.74) is -0.0330. The van der Waals surface area contributed by atoms with Crippen LogP contribution in [0, 0.1) is 5.92 Å². The number of amides is 2. The van der Waals surface area contributed by atoms with Gasteiger partial charge in [0.2, 0.25) is 0 Å². The Morgan fingerprint density at radius 3 is 2.41 bits per heavy atom. The summed E-state index contributed by atoms with van der Waals surface area (Å²) < 4.78 is 96.4. The Labute approximate surface area is 219 Å². The summed E-state index contributed by atoms with van der Waals surface area (Å²) in [7, 11) is 2.64. The second-order valence-corrected chi connectivity index (χ2v) is 8.99. The van der Waals surface area contributed by atoms with Crippen LogP contribution in [0.15, 0.2) is 30.9 Å². The number of alkyl halides is 6. The molecule has 1 aliphatic carbocycles. The lowest BCUT2D eigenvalue weighted by molar-refractivity contribution is -0.183. The molecule has 4 rings (SSSR count). The number of hydrogen-bond donors (Lipinski definition) is 1. The zero-order valence-electron chi connectivity index (χ0n) is 21.2. The van der Waals surface area contributed by atoms with Crippen molar-refractivity contribution in [3.8, 4) is 22.9 Å². The Morgan fingerprint density at radius 2 is 1.87 bits per heavy atom. The van der Waals surface area contributed by atoms with E-state index in [-0.39, 0.29) is 35.7 Å². The third kappa shape index (κ3) is 5.66. The van der Waals surface area contributed by atoms with E-state index in [0.29, 0.717) is 17.0 Å². The zero-order chi connectivity index (χ0) is 28.5. The van der Waals surface area contributed by atoms with Crippen molar-refractivity contribution in [1.29, 1.82) is 0 Å². The first-order valence-corrected chi connectivity index (χ1v) is 12.0. The first kappa shape index (κ1) is 28.2. The molecule has 0 radical (unpaired) electrons. The molecular weight excluding hydrogens is 534 g/mol. The molecule has 1 fully saturated rings. The largest absolute Gasteiger partial charge is 0.494 e. The van der Waals surface area contributed by atoms with Crippen LogP contribution in [0.3, 0.4) is 0 Å². The highest BCUT2D eigenvalue weighted by molar-refractivity contribution is 5.76. The van der Waals surface area contributed by atoms with Crippen molar-refractivity contribution in [1.82, 2.24) is 29.6 Å². The molecule has 3 heterocycles. The van der Waals surface area contributed by atoms with Gasteiger partial charge in [-0.25, -0.2) is 14.8 Å². The molecule has 1 aliphatic rings. The maximum Gasteiger partial charge on any atom is 0.414 e. The molecule has 0 bridgehead atoms. The summed E-state index contributed by atoms with van der Waals surface area (Å²) in [6.07, 6.45) is -3.29. The van der Waals surface area contributed by atoms with Gasteiger partial charge < -0.3 is 24.1 Å². The van der Waals surface area contributed by atoms with E-state index in [9.17, 15) is 31.1 Å². The van der Waals surface area contributed by atoms with Gasteiger partial charge in [0.05, 0.1) is 31.8 Å². The molecule has 3 aromatic rings. The predicted molar refractivity (Wildman–Crippen MR) is 126 cm³/mol. The summed E-state index contributed by atoms with van der Waals surface area (Å²) in [6.45, 7) is 0.704. The number of pyridine rings is 1. The molecule has 0 saturated heterocycles. The fraction of sp³-hybridized carbons (Fsp3) is 0.500. The molecule has 2 atom stereocenters. The highest BCUT2D eigenvalue weighted by atomic mass is 19.4. The number of ether oxygens (including phenoxy) is 2. The summed E-state index contributed by atoms with van der Waals surface area (Å²) in [4.78, 5) is 25.5. The topological polar surface area (TPSA) is 93.9 Å². The Bertz CT molecular complexity index is 1320. The van der Waals surface area contributed by atoms with Crippen LogP contribution in [0.2, 0.25) is 0 Å². The third-order valence-electron chi connectivity index (χ3n) is 6.68. The number of methoxy groups -OCH3 is 2. The smallest absolute Gasteiger partial charge is 0.414 e. The fourth-order valence-corrected chi connectivity index (χ4v) is 4.54. The van der Waals surface area contributed by atoms with Gasteiger partial charge in [0.25, 0.3) is 5.88 Å². The minimum Gasteiger partial charge on any atom is -0.494 e. The molecule has 1 N–H and O–H groups in total. The van der Waals surface area contributed by atoms with Crippen LogP contribution in [-0.2, 0) is 0 Å². The normalized spacial score (nSPS) is 15.9. The fourth-order valence-electron chi connectivity index (χ4n) is 4.54. The number of nitrogens with zero attached hydrogens (tertiary/aromatic N) is 5. The zero-order valence-corrected chi connectivity index (χ0v) is 21.2. The minimum absolute atomic E-state index is 0.0725. The van der Waals surface area contributed by atoms with Gasteiger partial charge in [-0.3, -0.25) is 4.98 Å². The lowest BCUT2D eigenvalue weighted by Crippen LogP contribution is -2.57. The summed E-state index contributed by atoms with van der Waals surface area (Å²) >= 11 is 0. The lowest BCUT2D eigenvalue weighted by Gasteiger charge is -2.38. The van der Waals surface area contributed by atoms with E-state index < -0.39 is 48.6 Å². The number of hydrogen-bond acceptors (Lipinski definition) is 6. The molecule has 0 spiro atoms. The molecule has 39 heavy (non-hydrogen) atoms. The van der Waals surface area contributed by atoms with E-state index in [1.807, 2.05) is 0 Å². The summed E-state index contributed by atoms with van der Waals surface area (Å²) in [5.74, 6) is -0.723. The molecular formula is C24H26F6N6O3. The van der Waals surface area contributed by atoms with E-state index in [0.717, 1.165) is 12.3 Å². The Kier molecular flexibility index (Phi) is 7.80. The molecule has 9 nitrogen and oxygen atoms in total. The maximum absolute atomic E-state index is 14.4. The van der Waals surface area contributed by atoms with Gasteiger partial charge >= 0.3 is 18.4 Å². The molecule has 1 saturated carbocycles. The third-order valence-corrected chi connectivity index (χ3v) is 6.68. The Morgan fingerprint density at radius 1 is 1.15 bits per heavy atom. The second-order valence-electron chi connectivity index (χ2n) is 8.99. The van der Waals surface area contributed by atoms with Crippen molar-refractivity contribution >= 4 is 11.7 Å². The van der Waals surface area contributed by atoms with Gasteiger partial charge in [0.15, 0.2) is 11.7 Å². The monoisotopic (exact) mass is 560 g/mol. The van der Waals surface area contributed by atoms with Crippen LogP contribution in [0.5, 0.6) is 11.6 Å². The number of carbonyl (C=O) groups excluding carboxylic acids is 1. The van der Waals surface area contributed by atoms with Crippen molar-refractivity contribution in [2.24, 2.45) is 5.92 Å². The highest BCUT2D eigenvalue weighted by Gasteiger charge is 2.51. The van der Waals surface area contributed by atoms with Gasteiger partial charge in [-0.05, 0) is 31.7 Å². The molecule has 1 unspecified atom stereocenters. The van der Waals surface area contributed by atoms with Crippen LogP contribution in [0.1, 0.15) is 37.9 Å². The van der Waals surface area contributed by atoms with Crippen molar-refractivity contribution in [3.05, 3.63) is 36.5 Å². The minimum atomic E-state index is -5.07. The van der Waals surface area contributed by atoms with Crippen molar-refractivity contribution in [3.63, 3.8) is 0 Å². The number of rotatable bonds is 8. The average Bonchev–Trinajstić information content (AvgIpc) is 3.32. The van der Waals surface area contributed by atoms with E-state index in [1.54, 1.807) is 15.9 Å². The van der Waals surface area contributed by atoms with Crippen molar-refractivity contribution in [2.75, 3.05) is 20.8 Å². The summed E-state index contributed by atoms with van der Waals surface area (Å²) in [5, 5.41) is 1.80. The number of halogens is 6. The Hall–Kier alpha value is -3.78. The molecule has 0 aliphatic heterocycles. The van der Waals surface area contributed by atoms with Crippen molar-refractivity contribution < 1.29 is 40.6 Å². The van der Waals surface area contributed by atoms with Crippen LogP contribution in [-0.4, -0.2) is 69.4 Å². The van der Waals surface area contributed by atoms with Gasteiger partial charge in [-0.1, -0.05) is 6.42 Å². The Balaban J connectivity index is 1.76. The summed E-state index contributed by atoms with van der Waals surface area (Å²) in [6, 6.07) is -5.35. The number of nitrogens with one attached hydrogen (secondary N) is 1. The molecule has 212 valence electrons. The molecule has 0 aromatic carbocycles. The number of aromatic nitrogens is 4. The maximum atomic E-state index is 14.4. The number of carbonyl (C=O) groups is 1.